The minimum Gasteiger partial charge on any atom is -0.462 e. The summed E-state index contributed by atoms with van der Waals surface area (Å²) in [5.41, 5.74) is 1.72. The highest BCUT2D eigenvalue weighted by molar-refractivity contribution is 7.22. The lowest BCUT2D eigenvalue weighted by molar-refractivity contribution is -0.131. The first kappa shape index (κ1) is 18.8. The van der Waals surface area contributed by atoms with Crippen molar-refractivity contribution in [2.45, 2.75) is 20.8 Å². The fourth-order valence-electron chi connectivity index (χ4n) is 2.92. The molecule has 6 nitrogen and oxygen atoms in total. The molecule has 0 spiro atoms. The van der Waals surface area contributed by atoms with E-state index < -0.39 is 17.9 Å². The van der Waals surface area contributed by atoms with Crippen molar-refractivity contribution in [3.63, 3.8) is 0 Å². The van der Waals surface area contributed by atoms with Crippen LogP contribution < -0.4 is 4.74 Å². The van der Waals surface area contributed by atoms with Gasteiger partial charge in [-0.1, -0.05) is 30.3 Å². The van der Waals surface area contributed by atoms with Gasteiger partial charge in [0, 0.05) is 12.3 Å². The molecule has 0 saturated heterocycles. The molecule has 140 valence electrons. The second-order valence-electron chi connectivity index (χ2n) is 5.61. The number of carbonyl (C=O) groups is 3. The van der Waals surface area contributed by atoms with E-state index in [-0.39, 0.29) is 23.8 Å². The third kappa shape index (κ3) is 3.38. The Hall–Kier alpha value is -2.93. The first-order chi connectivity index (χ1) is 13.0. The molecule has 27 heavy (non-hydrogen) atoms. The normalized spacial score (nSPS) is 10.8. The van der Waals surface area contributed by atoms with Crippen LogP contribution in [-0.4, -0.2) is 31.1 Å². The fourth-order valence-corrected chi connectivity index (χ4v) is 4.10. The van der Waals surface area contributed by atoms with Gasteiger partial charge in [-0.2, -0.15) is 0 Å². The molecule has 2 aliphatic carbocycles. The highest BCUT2D eigenvalue weighted by Gasteiger charge is 2.32. The van der Waals surface area contributed by atoms with Crippen molar-refractivity contribution in [1.29, 1.82) is 0 Å². The van der Waals surface area contributed by atoms with Crippen LogP contribution in [0.4, 0.5) is 0 Å². The van der Waals surface area contributed by atoms with Crippen LogP contribution in [0.25, 0.3) is 21.2 Å². The molecular formula is C20H18O6S. The Morgan fingerprint density at radius 3 is 2.19 bits per heavy atom. The number of esters is 3. The smallest absolute Gasteiger partial charge is 0.352 e. The van der Waals surface area contributed by atoms with E-state index in [0.717, 1.165) is 11.3 Å². The van der Waals surface area contributed by atoms with E-state index in [0.29, 0.717) is 26.8 Å². The lowest BCUT2D eigenvalue weighted by Crippen LogP contribution is -2.08. The summed E-state index contributed by atoms with van der Waals surface area (Å²) in [5, 5.41) is 0.535. The van der Waals surface area contributed by atoms with Crippen LogP contribution in [0.2, 0.25) is 0 Å². The third-order valence-electron chi connectivity index (χ3n) is 3.85. The van der Waals surface area contributed by atoms with Gasteiger partial charge in [0.1, 0.15) is 0 Å². The van der Waals surface area contributed by atoms with Crippen LogP contribution in [0.15, 0.2) is 30.3 Å². The topological polar surface area (TPSA) is 78.9 Å². The predicted molar refractivity (Wildman–Crippen MR) is 102 cm³/mol. The van der Waals surface area contributed by atoms with Crippen molar-refractivity contribution in [2.75, 3.05) is 13.2 Å². The van der Waals surface area contributed by atoms with Crippen LogP contribution in [0.1, 0.15) is 40.8 Å². The maximum absolute atomic E-state index is 12.6. The molecule has 1 aromatic heterocycles. The molecule has 0 N–H and O–H groups in total. The van der Waals surface area contributed by atoms with Crippen molar-refractivity contribution in [2.24, 2.45) is 0 Å². The summed E-state index contributed by atoms with van der Waals surface area (Å²) in [4.78, 5) is 36.9. The molecule has 0 radical (unpaired) electrons. The predicted octanol–water partition coefficient (Wildman–Crippen LogP) is 4.28. The molecule has 2 aliphatic rings. The Bertz CT molecular complexity index is 1000. The standard InChI is InChI=1S/C20H18O6S/c1-4-24-19(22)15-13-10-8-6-7-9-12(13)14-16(26-11(3)21)18(27-17(14)15)20(23)25-5-2/h6-10H,4-5H2,1-3H3. The van der Waals surface area contributed by atoms with Crippen molar-refractivity contribution in [1.82, 2.24) is 0 Å². The number of carbonyl (C=O) groups excluding carboxylic acids is 3. The lowest BCUT2D eigenvalue weighted by Gasteiger charge is -2.06. The monoisotopic (exact) mass is 386 g/mol. The first-order valence-electron chi connectivity index (χ1n) is 8.49. The Morgan fingerprint density at radius 1 is 0.926 bits per heavy atom. The minimum absolute atomic E-state index is 0.118. The van der Waals surface area contributed by atoms with Gasteiger partial charge >= 0.3 is 17.9 Å². The Morgan fingerprint density at radius 2 is 1.56 bits per heavy atom. The molecule has 0 saturated carbocycles. The highest BCUT2D eigenvalue weighted by Crippen LogP contribution is 2.50. The molecule has 0 aromatic carbocycles. The van der Waals surface area contributed by atoms with Gasteiger partial charge in [-0.15, -0.1) is 11.3 Å². The van der Waals surface area contributed by atoms with Crippen LogP contribution in [0.5, 0.6) is 5.75 Å². The van der Waals surface area contributed by atoms with E-state index in [1.54, 1.807) is 19.9 Å². The number of ether oxygens (including phenoxy) is 3. The Labute approximate surface area is 160 Å². The van der Waals surface area contributed by atoms with E-state index in [9.17, 15) is 14.4 Å². The molecule has 7 heteroatoms. The molecule has 1 aromatic rings. The SMILES string of the molecule is CCOC(=O)c1sc2c(C(=O)OCC)c3cccccc-3c2c1OC(C)=O. The van der Waals surface area contributed by atoms with Gasteiger partial charge < -0.3 is 14.2 Å². The van der Waals surface area contributed by atoms with Crippen LogP contribution in [0.3, 0.4) is 0 Å². The average molecular weight is 386 g/mol. The maximum Gasteiger partial charge on any atom is 0.352 e. The second kappa shape index (κ2) is 7.75. The van der Waals surface area contributed by atoms with Gasteiger partial charge in [0.2, 0.25) is 0 Å². The zero-order valence-electron chi connectivity index (χ0n) is 15.2. The summed E-state index contributed by atoms with van der Waals surface area (Å²) in [6, 6.07) is 9.07. The summed E-state index contributed by atoms with van der Waals surface area (Å²) < 4.78 is 16.2. The lowest BCUT2D eigenvalue weighted by atomic mass is 10.1. The van der Waals surface area contributed by atoms with E-state index in [1.165, 1.54) is 6.92 Å². The summed E-state index contributed by atoms with van der Waals surface area (Å²) >= 11 is 1.06. The first-order valence-corrected chi connectivity index (χ1v) is 9.31. The summed E-state index contributed by atoms with van der Waals surface area (Å²) in [6.45, 7) is 5.08. The number of thiophene rings is 1. The van der Waals surface area contributed by atoms with Crippen molar-refractivity contribution in [3.05, 3.63) is 40.8 Å². The highest BCUT2D eigenvalue weighted by atomic mass is 32.1. The van der Waals surface area contributed by atoms with Crippen LogP contribution in [0, 0.1) is 0 Å². The van der Waals surface area contributed by atoms with Gasteiger partial charge in [-0.3, -0.25) is 4.79 Å². The number of rotatable bonds is 5. The number of fused-ring (bicyclic) bond motifs is 3. The third-order valence-corrected chi connectivity index (χ3v) is 5.02. The molecular weight excluding hydrogens is 368 g/mol. The zero-order chi connectivity index (χ0) is 19.6. The molecule has 0 bridgehead atoms. The van der Waals surface area contributed by atoms with Crippen molar-refractivity contribution < 1.29 is 28.6 Å². The van der Waals surface area contributed by atoms with Crippen molar-refractivity contribution in [3.8, 4) is 16.9 Å². The fraction of sp³-hybridized carbons (Fsp3) is 0.250. The van der Waals surface area contributed by atoms with E-state index in [1.807, 2.05) is 24.3 Å². The summed E-state index contributed by atoms with van der Waals surface area (Å²) in [7, 11) is 0. The van der Waals surface area contributed by atoms with Crippen LogP contribution >= 0.6 is 11.3 Å². The molecule has 0 aliphatic heterocycles. The van der Waals surface area contributed by atoms with E-state index in [4.69, 9.17) is 14.2 Å². The van der Waals surface area contributed by atoms with Crippen molar-refractivity contribution >= 4 is 39.3 Å². The van der Waals surface area contributed by atoms with Crippen LogP contribution in [-0.2, 0) is 14.3 Å². The molecule has 0 amide bonds. The molecule has 3 rings (SSSR count). The quantitative estimate of drug-likeness (QED) is 0.609. The van der Waals surface area contributed by atoms with E-state index >= 15 is 0 Å². The molecule has 0 atom stereocenters. The largest absolute Gasteiger partial charge is 0.462 e. The van der Waals surface area contributed by atoms with Gasteiger partial charge in [0.15, 0.2) is 10.6 Å². The summed E-state index contributed by atoms with van der Waals surface area (Å²) in [5.74, 6) is -1.53. The van der Waals surface area contributed by atoms with Gasteiger partial charge in [0.25, 0.3) is 0 Å². The van der Waals surface area contributed by atoms with Gasteiger partial charge in [0.05, 0.1) is 23.5 Å². The molecule has 1 heterocycles. The Balaban J connectivity index is 2.39. The zero-order valence-corrected chi connectivity index (χ0v) is 16.0. The number of hydrogen-bond donors (Lipinski definition) is 0. The molecule has 0 unspecified atom stereocenters. The summed E-state index contributed by atoms with van der Waals surface area (Å²) in [6.07, 6.45) is 0. The van der Waals surface area contributed by atoms with Gasteiger partial charge in [-0.25, -0.2) is 9.59 Å². The minimum atomic E-state index is -0.599. The Kier molecular flexibility index (Phi) is 5.41. The van der Waals surface area contributed by atoms with Gasteiger partial charge in [-0.05, 0) is 25.0 Å². The average Bonchev–Trinajstić information content (AvgIpc) is 2.99. The second-order valence-corrected chi connectivity index (χ2v) is 6.63. The molecule has 0 fully saturated rings. The maximum atomic E-state index is 12.6. The van der Waals surface area contributed by atoms with E-state index in [2.05, 4.69) is 0 Å². The number of hydrogen-bond acceptors (Lipinski definition) is 7.